The highest BCUT2D eigenvalue weighted by molar-refractivity contribution is 6.04. The number of nitrogens with zero attached hydrogens (tertiary/aromatic N) is 3. The number of alkyl halides is 3. The molecule has 0 N–H and O–H groups in total. The first kappa shape index (κ1) is 25.1. The Morgan fingerprint density at radius 3 is 2.25 bits per heavy atom. The molecule has 1 heterocycles. The van der Waals surface area contributed by atoms with Crippen LogP contribution in [0, 0.1) is 12.7 Å². The second-order valence-electron chi connectivity index (χ2n) is 8.63. The van der Waals surface area contributed by atoms with Gasteiger partial charge in [-0.1, -0.05) is 48.0 Å². The summed E-state index contributed by atoms with van der Waals surface area (Å²) in [5.41, 5.74) is 1.69. The smallest absolute Gasteiger partial charge is 0.332 e. The molecule has 0 saturated carbocycles. The minimum atomic E-state index is -4.52. The van der Waals surface area contributed by atoms with E-state index in [0.29, 0.717) is 11.3 Å². The second kappa shape index (κ2) is 9.93. The molecular formula is C27H23F4N3O2. The van der Waals surface area contributed by atoms with Crippen LogP contribution in [0.1, 0.15) is 45.1 Å². The highest BCUT2D eigenvalue weighted by atomic mass is 19.4. The molecule has 1 aliphatic rings. The standard InChI is InChI=1S/C27H23F4N3O2/c1-17-7-9-18(10-8-17)24-15-23(21-5-3-4-6-22(21)28)32-34(24)25(35)16-33(2)26(36)19-11-13-20(14-12-19)27(29,30)31/h3-14,24H,15-16H2,1-2H3/t24-/m1/s1. The first-order chi connectivity index (χ1) is 17.0. The van der Waals surface area contributed by atoms with Gasteiger partial charge in [0.25, 0.3) is 11.8 Å². The van der Waals surface area contributed by atoms with Gasteiger partial charge in [-0.05, 0) is 42.8 Å². The Hall–Kier alpha value is -4.01. The molecule has 0 aliphatic carbocycles. The van der Waals surface area contributed by atoms with E-state index < -0.39 is 35.4 Å². The zero-order chi connectivity index (χ0) is 26.0. The Morgan fingerprint density at radius 2 is 1.64 bits per heavy atom. The molecule has 0 saturated heterocycles. The fourth-order valence-electron chi connectivity index (χ4n) is 4.02. The molecule has 1 aliphatic heterocycles. The lowest BCUT2D eigenvalue weighted by Crippen LogP contribution is -2.39. The first-order valence-corrected chi connectivity index (χ1v) is 11.2. The van der Waals surface area contributed by atoms with E-state index in [4.69, 9.17) is 0 Å². The summed E-state index contributed by atoms with van der Waals surface area (Å²) in [4.78, 5) is 27.2. The van der Waals surface area contributed by atoms with Gasteiger partial charge in [0, 0.05) is 24.6 Å². The molecule has 5 nitrogen and oxygen atoms in total. The summed E-state index contributed by atoms with van der Waals surface area (Å²) in [6.45, 7) is 1.57. The second-order valence-corrected chi connectivity index (χ2v) is 8.63. The summed E-state index contributed by atoms with van der Waals surface area (Å²) in [7, 11) is 1.39. The maximum atomic E-state index is 14.5. The number of carbonyl (C=O) groups is 2. The molecule has 0 aromatic heterocycles. The average molecular weight is 497 g/mol. The van der Waals surface area contributed by atoms with Crippen LogP contribution < -0.4 is 0 Å². The van der Waals surface area contributed by atoms with E-state index in [1.807, 2.05) is 31.2 Å². The molecule has 2 amide bonds. The molecule has 0 spiro atoms. The number of hydrogen-bond donors (Lipinski definition) is 0. The van der Waals surface area contributed by atoms with Gasteiger partial charge < -0.3 is 4.90 Å². The molecule has 0 radical (unpaired) electrons. The van der Waals surface area contributed by atoms with Gasteiger partial charge in [-0.3, -0.25) is 9.59 Å². The number of halogens is 4. The largest absolute Gasteiger partial charge is 0.416 e. The van der Waals surface area contributed by atoms with Gasteiger partial charge in [0.05, 0.1) is 17.3 Å². The maximum Gasteiger partial charge on any atom is 0.416 e. The minimum Gasteiger partial charge on any atom is -0.332 e. The Labute approximate surface area is 205 Å². The molecule has 0 unspecified atom stereocenters. The summed E-state index contributed by atoms with van der Waals surface area (Å²) in [6.07, 6.45) is -4.23. The topological polar surface area (TPSA) is 53.0 Å². The highest BCUT2D eigenvalue weighted by Gasteiger charge is 2.35. The molecule has 1 atom stereocenters. The van der Waals surface area contributed by atoms with Crippen LogP contribution >= 0.6 is 0 Å². The van der Waals surface area contributed by atoms with Crippen LogP contribution in [0.25, 0.3) is 0 Å². The SMILES string of the molecule is Cc1ccc([C@H]2CC(c3ccccc3F)=NN2C(=O)CN(C)C(=O)c2ccc(C(F)(F)F)cc2)cc1. The molecule has 9 heteroatoms. The van der Waals surface area contributed by atoms with Crippen molar-refractivity contribution in [2.45, 2.75) is 25.6 Å². The third-order valence-corrected chi connectivity index (χ3v) is 5.99. The van der Waals surface area contributed by atoms with Crippen molar-refractivity contribution in [3.05, 3.63) is 106 Å². The maximum absolute atomic E-state index is 14.5. The normalized spacial score (nSPS) is 15.6. The quantitative estimate of drug-likeness (QED) is 0.431. The lowest BCUT2D eigenvalue weighted by molar-refractivity contribution is -0.137. The molecule has 4 rings (SSSR count). The molecule has 36 heavy (non-hydrogen) atoms. The van der Waals surface area contributed by atoms with E-state index in [-0.39, 0.29) is 18.5 Å². The van der Waals surface area contributed by atoms with Gasteiger partial charge in [0.15, 0.2) is 0 Å². The van der Waals surface area contributed by atoms with Crippen molar-refractivity contribution in [2.24, 2.45) is 5.10 Å². The van der Waals surface area contributed by atoms with E-state index in [1.165, 1.54) is 18.1 Å². The van der Waals surface area contributed by atoms with E-state index in [0.717, 1.165) is 40.3 Å². The highest BCUT2D eigenvalue weighted by Crippen LogP contribution is 2.34. The van der Waals surface area contributed by atoms with Gasteiger partial charge >= 0.3 is 6.18 Å². The summed E-state index contributed by atoms with van der Waals surface area (Å²) in [6, 6.07) is 17.0. The predicted molar refractivity (Wildman–Crippen MR) is 127 cm³/mol. The van der Waals surface area contributed by atoms with Gasteiger partial charge in [-0.25, -0.2) is 9.40 Å². The Morgan fingerprint density at radius 1 is 1.00 bits per heavy atom. The number of hydrogen-bond acceptors (Lipinski definition) is 3. The van der Waals surface area contributed by atoms with Crippen LogP contribution in [0.4, 0.5) is 17.6 Å². The number of aryl methyl sites for hydroxylation is 1. The van der Waals surface area contributed by atoms with Crippen LogP contribution in [-0.2, 0) is 11.0 Å². The van der Waals surface area contributed by atoms with Crippen LogP contribution in [-0.4, -0.2) is 41.0 Å². The van der Waals surface area contributed by atoms with Gasteiger partial charge in [0.2, 0.25) is 0 Å². The van der Waals surface area contributed by atoms with Crippen molar-refractivity contribution in [2.75, 3.05) is 13.6 Å². The third-order valence-electron chi connectivity index (χ3n) is 5.99. The third kappa shape index (κ3) is 5.30. The Kier molecular flexibility index (Phi) is 6.92. The lowest BCUT2D eigenvalue weighted by atomic mass is 9.97. The summed E-state index contributed by atoms with van der Waals surface area (Å²) >= 11 is 0. The number of amides is 2. The fourth-order valence-corrected chi connectivity index (χ4v) is 4.02. The van der Waals surface area contributed by atoms with Gasteiger partial charge in [-0.15, -0.1) is 0 Å². The molecule has 0 bridgehead atoms. The summed E-state index contributed by atoms with van der Waals surface area (Å²) < 4.78 is 52.9. The summed E-state index contributed by atoms with van der Waals surface area (Å²) in [5.74, 6) is -1.57. The molecule has 3 aromatic rings. The average Bonchev–Trinajstić information content (AvgIpc) is 3.29. The van der Waals surface area contributed by atoms with Crippen molar-refractivity contribution in [1.29, 1.82) is 0 Å². The van der Waals surface area contributed by atoms with Crippen LogP contribution in [0.15, 0.2) is 77.9 Å². The minimum absolute atomic E-state index is 0.0188. The fraction of sp³-hybridized carbons (Fsp3) is 0.222. The van der Waals surface area contributed by atoms with Crippen LogP contribution in [0.5, 0.6) is 0 Å². The van der Waals surface area contributed by atoms with Crippen molar-refractivity contribution in [1.82, 2.24) is 9.91 Å². The summed E-state index contributed by atoms with van der Waals surface area (Å²) in [5, 5.41) is 5.67. The Bertz CT molecular complexity index is 1300. The van der Waals surface area contributed by atoms with E-state index in [2.05, 4.69) is 5.10 Å². The first-order valence-electron chi connectivity index (χ1n) is 11.2. The zero-order valence-electron chi connectivity index (χ0n) is 19.6. The molecule has 3 aromatic carbocycles. The molecular weight excluding hydrogens is 474 g/mol. The van der Waals surface area contributed by atoms with Gasteiger partial charge in [0.1, 0.15) is 12.4 Å². The number of hydrazone groups is 1. The van der Waals surface area contributed by atoms with E-state index in [1.54, 1.807) is 18.2 Å². The molecule has 0 fully saturated rings. The molecule has 186 valence electrons. The lowest BCUT2D eigenvalue weighted by Gasteiger charge is -2.25. The monoisotopic (exact) mass is 497 g/mol. The van der Waals surface area contributed by atoms with Gasteiger partial charge in [-0.2, -0.15) is 18.3 Å². The Balaban J connectivity index is 1.56. The number of likely N-dealkylation sites (N-methyl/N-ethyl adjacent to an activating group) is 1. The van der Waals surface area contributed by atoms with E-state index in [9.17, 15) is 27.2 Å². The van der Waals surface area contributed by atoms with Crippen molar-refractivity contribution in [3.63, 3.8) is 0 Å². The van der Waals surface area contributed by atoms with Crippen molar-refractivity contribution >= 4 is 17.5 Å². The number of carbonyl (C=O) groups excluding carboxylic acids is 2. The number of benzene rings is 3. The van der Waals surface area contributed by atoms with Crippen LogP contribution in [0.3, 0.4) is 0 Å². The predicted octanol–water partition coefficient (Wildman–Crippen LogP) is 5.60. The number of rotatable bonds is 5. The zero-order valence-corrected chi connectivity index (χ0v) is 19.6. The van der Waals surface area contributed by atoms with E-state index >= 15 is 0 Å². The van der Waals surface area contributed by atoms with Crippen molar-refractivity contribution < 1.29 is 27.2 Å². The van der Waals surface area contributed by atoms with Crippen LogP contribution in [0.2, 0.25) is 0 Å². The van der Waals surface area contributed by atoms with Crippen molar-refractivity contribution in [3.8, 4) is 0 Å².